The van der Waals surface area contributed by atoms with Gasteiger partial charge in [0.2, 0.25) is 0 Å². The summed E-state index contributed by atoms with van der Waals surface area (Å²) < 4.78 is 6.39. The van der Waals surface area contributed by atoms with Gasteiger partial charge in [-0.05, 0) is 69.4 Å². The van der Waals surface area contributed by atoms with E-state index in [9.17, 15) is 0 Å². The average molecular weight is 600 g/mol. The van der Waals surface area contributed by atoms with Crippen molar-refractivity contribution in [3.05, 3.63) is 198 Å². The Morgan fingerprint density at radius 3 is 1.51 bits per heavy atom. The van der Waals surface area contributed by atoms with Crippen molar-refractivity contribution in [2.75, 3.05) is 4.90 Å². The first kappa shape index (κ1) is 26.1. The highest BCUT2D eigenvalue weighted by Crippen LogP contribution is 2.57. The fourth-order valence-electron chi connectivity index (χ4n) is 8.21. The molecule has 2 heteroatoms. The van der Waals surface area contributed by atoms with E-state index in [0.29, 0.717) is 0 Å². The Hall–Kier alpha value is -6.12. The minimum atomic E-state index is -0.513. The largest absolute Gasteiger partial charge is 0.456 e. The van der Waals surface area contributed by atoms with Crippen LogP contribution in [0.3, 0.4) is 0 Å². The summed E-state index contributed by atoms with van der Waals surface area (Å²) in [5.74, 6) is 0. The molecule has 8 aromatic carbocycles. The van der Waals surface area contributed by atoms with Gasteiger partial charge in [-0.1, -0.05) is 140 Å². The van der Waals surface area contributed by atoms with Gasteiger partial charge in [-0.3, -0.25) is 0 Å². The lowest BCUT2D eigenvalue weighted by Gasteiger charge is -2.35. The second-order valence-electron chi connectivity index (χ2n) is 12.5. The number of fused-ring (bicyclic) bond motifs is 2. The molecular formula is C45H29NO. The van der Waals surface area contributed by atoms with Gasteiger partial charge < -0.3 is 9.32 Å². The molecule has 0 atom stereocenters. The maximum atomic E-state index is 6.39. The summed E-state index contributed by atoms with van der Waals surface area (Å²) in [6.07, 6.45) is 0. The molecule has 0 saturated carbocycles. The summed E-state index contributed by atoms with van der Waals surface area (Å²) in [4.78, 5) is 2.45. The van der Waals surface area contributed by atoms with E-state index in [0.717, 1.165) is 28.2 Å². The first-order valence-corrected chi connectivity index (χ1v) is 16.2. The Labute approximate surface area is 272 Å². The minimum Gasteiger partial charge on any atom is -0.456 e. The lowest BCUT2D eigenvalue weighted by molar-refractivity contribution is 0.663. The van der Waals surface area contributed by atoms with Gasteiger partial charge in [-0.25, -0.2) is 0 Å². The van der Waals surface area contributed by atoms with Gasteiger partial charge in [0.15, 0.2) is 0 Å². The molecule has 47 heavy (non-hydrogen) atoms. The van der Waals surface area contributed by atoms with Crippen molar-refractivity contribution in [1.29, 1.82) is 0 Å². The average Bonchev–Trinajstić information content (AvgIpc) is 3.68. The van der Waals surface area contributed by atoms with Crippen LogP contribution in [0.2, 0.25) is 0 Å². The number of furan rings is 1. The third-order valence-corrected chi connectivity index (χ3v) is 10.1. The molecule has 1 aromatic heterocycles. The first-order valence-electron chi connectivity index (χ1n) is 16.2. The van der Waals surface area contributed by atoms with Crippen molar-refractivity contribution in [1.82, 2.24) is 0 Å². The third kappa shape index (κ3) is 3.61. The number of hydrogen-bond acceptors (Lipinski definition) is 2. The van der Waals surface area contributed by atoms with Gasteiger partial charge in [-0.2, -0.15) is 0 Å². The SMILES string of the molecule is c1ccc(C2(c3cccc(N(c4cccc5ccccc45)c4cccc5ccccc45)c3)c3cccc4oc5cccc2c5c34)cc1. The van der Waals surface area contributed by atoms with E-state index in [-0.39, 0.29) is 0 Å². The zero-order valence-corrected chi connectivity index (χ0v) is 25.6. The molecule has 2 nitrogen and oxygen atoms in total. The Kier molecular flexibility index (Phi) is 5.53. The van der Waals surface area contributed by atoms with Crippen LogP contribution in [0.1, 0.15) is 22.3 Å². The molecule has 1 heterocycles. The molecule has 0 bridgehead atoms. The summed E-state index contributed by atoms with van der Waals surface area (Å²) >= 11 is 0. The van der Waals surface area contributed by atoms with E-state index >= 15 is 0 Å². The van der Waals surface area contributed by atoms with Gasteiger partial charge in [0.25, 0.3) is 0 Å². The van der Waals surface area contributed by atoms with Crippen molar-refractivity contribution in [3.8, 4) is 0 Å². The number of hydrogen-bond donors (Lipinski definition) is 0. The van der Waals surface area contributed by atoms with Crippen molar-refractivity contribution < 1.29 is 4.42 Å². The Morgan fingerprint density at radius 2 is 0.894 bits per heavy atom. The molecule has 1 aliphatic carbocycles. The van der Waals surface area contributed by atoms with Gasteiger partial charge in [-0.15, -0.1) is 0 Å². The van der Waals surface area contributed by atoms with Crippen LogP contribution >= 0.6 is 0 Å². The van der Waals surface area contributed by atoms with Crippen molar-refractivity contribution in [2.45, 2.75) is 5.41 Å². The topological polar surface area (TPSA) is 16.4 Å². The molecule has 0 spiro atoms. The number of benzene rings is 8. The predicted molar refractivity (Wildman–Crippen MR) is 195 cm³/mol. The van der Waals surface area contributed by atoms with Crippen LogP contribution in [-0.2, 0) is 5.41 Å². The molecule has 0 unspecified atom stereocenters. The molecule has 0 radical (unpaired) electrons. The van der Waals surface area contributed by atoms with Crippen LogP contribution in [0.4, 0.5) is 17.1 Å². The lowest BCUT2D eigenvalue weighted by atomic mass is 9.67. The summed E-state index contributed by atoms with van der Waals surface area (Å²) in [6.45, 7) is 0. The van der Waals surface area contributed by atoms with E-state index in [2.05, 4.69) is 181 Å². The molecule has 0 fully saturated rings. The summed E-state index contributed by atoms with van der Waals surface area (Å²) in [6, 6.07) is 63.9. The Bertz CT molecular complexity index is 2500. The van der Waals surface area contributed by atoms with Crippen LogP contribution < -0.4 is 4.90 Å². The molecule has 220 valence electrons. The van der Waals surface area contributed by atoms with Gasteiger partial charge >= 0.3 is 0 Å². The highest BCUT2D eigenvalue weighted by molar-refractivity contribution is 6.14. The van der Waals surface area contributed by atoms with Crippen LogP contribution in [0.5, 0.6) is 0 Å². The fraction of sp³-hybridized carbons (Fsp3) is 0.0222. The maximum absolute atomic E-state index is 6.39. The number of anilines is 3. The zero-order chi connectivity index (χ0) is 31.0. The maximum Gasteiger partial charge on any atom is 0.135 e. The lowest BCUT2D eigenvalue weighted by Crippen LogP contribution is -2.29. The van der Waals surface area contributed by atoms with E-state index in [1.165, 1.54) is 54.6 Å². The summed E-state index contributed by atoms with van der Waals surface area (Å²) in [7, 11) is 0. The number of nitrogens with zero attached hydrogens (tertiary/aromatic N) is 1. The third-order valence-electron chi connectivity index (χ3n) is 10.1. The van der Waals surface area contributed by atoms with Gasteiger partial charge in [0.05, 0.1) is 16.8 Å². The fourth-order valence-corrected chi connectivity index (χ4v) is 8.21. The monoisotopic (exact) mass is 599 g/mol. The Balaban J connectivity index is 1.30. The van der Waals surface area contributed by atoms with Gasteiger partial charge in [0, 0.05) is 27.2 Å². The molecule has 1 aliphatic rings. The molecule has 0 amide bonds. The van der Waals surface area contributed by atoms with Crippen LogP contribution in [0.15, 0.2) is 180 Å². The van der Waals surface area contributed by atoms with Gasteiger partial charge in [0.1, 0.15) is 11.2 Å². The normalized spacial score (nSPS) is 13.3. The van der Waals surface area contributed by atoms with E-state index in [1.807, 2.05) is 0 Å². The molecule has 0 aliphatic heterocycles. The quantitative estimate of drug-likeness (QED) is 0.196. The molecule has 9 aromatic rings. The molecule has 0 N–H and O–H groups in total. The van der Waals surface area contributed by atoms with E-state index < -0.39 is 5.41 Å². The van der Waals surface area contributed by atoms with Crippen molar-refractivity contribution >= 4 is 60.5 Å². The molecule has 0 saturated heterocycles. The van der Waals surface area contributed by atoms with Crippen molar-refractivity contribution in [2.24, 2.45) is 0 Å². The van der Waals surface area contributed by atoms with Crippen molar-refractivity contribution in [3.63, 3.8) is 0 Å². The highest BCUT2D eigenvalue weighted by Gasteiger charge is 2.46. The number of rotatable bonds is 5. The van der Waals surface area contributed by atoms with E-state index in [4.69, 9.17) is 4.42 Å². The smallest absolute Gasteiger partial charge is 0.135 e. The first-order chi connectivity index (χ1) is 23.3. The highest BCUT2D eigenvalue weighted by atomic mass is 16.3. The Morgan fingerprint density at radius 1 is 0.404 bits per heavy atom. The summed E-state index contributed by atoms with van der Waals surface area (Å²) in [5.41, 5.74) is 9.77. The minimum absolute atomic E-state index is 0.513. The zero-order valence-electron chi connectivity index (χ0n) is 25.6. The molecule has 10 rings (SSSR count). The molecular weight excluding hydrogens is 571 g/mol. The standard InChI is InChI=1S/C45H29NO/c1-2-17-32(18-3-1)45(37-23-11-27-41-43(37)44-38(45)24-12-28-42(44)47-41)33-19-10-20-34(29-33)46(39-25-8-15-30-13-4-6-21-35(30)39)40-26-9-16-31-14-5-7-22-36(31)40/h1-29H. The van der Waals surface area contributed by atoms with E-state index in [1.54, 1.807) is 0 Å². The predicted octanol–water partition coefficient (Wildman–Crippen LogP) is 12.1. The second kappa shape index (κ2) is 9.94. The van der Waals surface area contributed by atoms with Crippen LogP contribution in [0, 0.1) is 0 Å². The second-order valence-corrected chi connectivity index (χ2v) is 12.5. The van der Waals surface area contributed by atoms with Crippen LogP contribution in [0.25, 0.3) is 43.5 Å². The van der Waals surface area contributed by atoms with Crippen LogP contribution in [-0.4, -0.2) is 0 Å². The summed E-state index contributed by atoms with van der Waals surface area (Å²) in [5, 5.41) is 7.28.